The number of nitrogens with two attached hydrogens (primary N) is 1. The number of aromatic nitrogens is 2. The first-order chi connectivity index (χ1) is 5.77. The molecule has 3 N–H and O–H groups in total. The standard InChI is InChI=1S/C7H10N4O/c1-4-2-9-7-5(12-4)6(8)10-3-11-7/h3-4H,2H2,1H3,(H3,8,9,10,11). The molecular formula is C7H10N4O. The Bertz CT molecular complexity index is 301. The molecule has 0 saturated carbocycles. The average Bonchev–Trinajstić information content (AvgIpc) is 2.07. The second-order valence-electron chi connectivity index (χ2n) is 2.75. The zero-order valence-electron chi connectivity index (χ0n) is 6.74. The Hall–Kier alpha value is -1.52. The van der Waals surface area contributed by atoms with Gasteiger partial charge in [0.2, 0.25) is 5.75 Å². The van der Waals surface area contributed by atoms with Crippen LogP contribution in [0.5, 0.6) is 5.75 Å². The van der Waals surface area contributed by atoms with Crippen molar-refractivity contribution in [2.24, 2.45) is 0 Å². The molecule has 1 unspecified atom stereocenters. The lowest BCUT2D eigenvalue weighted by molar-refractivity contribution is 0.225. The highest BCUT2D eigenvalue weighted by molar-refractivity contribution is 5.62. The largest absolute Gasteiger partial charge is 0.482 e. The number of nitrogens with zero attached hydrogens (tertiary/aromatic N) is 2. The predicted octanol–water partition coefficient (Wildman–Crippen LogP) is 0.252. The van der Waals surface area contributed by atoms with Crippen molar-refractivity contribution in [2.75, 3.05) is 17.6 Å². The molecule has 1 aliphatic heterocycles. The van der Waals surface area contributed by atoms with E-state index in [4.69, 9.17) is 10.5 Å². The quantitative estimate of drug-likeness (QED) is 0.578. The maximum absolute atomic E-state index is 5.59. The van der Waals surface area contributed by atoms with Gasteiger partial charge in [0, 0.05) is 0 Å². The number of hydrogen-bond donors (Lipinski definition) is 2. The van der Waals surface area contributed by atoms with E-state index in [-0.39, 0.29) is 6.10 Å². The van der Waals surface area contributed by atoms with Gasteiger partial charge in [0.25, 0.3) is 0 Å². The highest BCUT2D eigenvalue weighted by atomic mass is 16.5. The van der Waals surface area contributed by atoms with Crippen LogP contribution >= 0.6 is 0 Å². The summed E-state index contributed by atoms with van der Waals surface area (Å²) in [6, 6.07) is 0. The fourth-order valence-electron chi connectivity index (χ4n) is 1.11. The van der Waals surface area contributed by atoms with E-state index in [9.17, 15) is 0 Å². The fourth-order valence-corrected chi connectivity index (χ4v) is 1.11. The molecule has 0 spiro atoms. The Morgan fingerprint density at radius 1 is 1.67 bits per heavy atom. The molecule has 2 heterocycles. The molecule has 0 bridgehead atoms. The first kappa shape index (κ1) is 7.15. The molecule has 1 aromatic rings. The summed E-state index contributed by atoms with van der Waals surface area (Å²) >= 11 is 0. The Morgan fingerprint density at radius 3 is 3.33 bits per heavy atom. The number of rotatable bonds is 0. The smallest absolute Gasteiger partial charge is 0.204 e. The molecule has 1 aliphatic rings. The van der Waals surface area contributed by atoms with Crippen LogP contribution in [0.15, 0.2) is 6.33 Å². The van der Waals surface area contributed by atoms with Crippen LogP contribution in [0.3, 0.4) is 0 Å². The van der Waals surface area contributed by atoms with Gasteiger partial charge in [0.05, 0.1) is 6.54 Å². The SMILES string of the molecule is CC1CNc2ncnc(N)c2O1. The summed E-state index contributed by atoms with van der Waals surface area (Å²) in [5.74, 6) is 1.64. The molecule has 5 heteroatoms. The summed E-state index contributed by atoms with van der Waals surface area (Å²) in [7, 11) is 0. The Labute approximate surface area is 70.0 Å². The molecule has 0 fully saturated rings. The first-order valence-corrected chi connectivity index (χ1v) is 3.78. The molecule has 1 atom stereocenters. The van der Waals surface area contributed by atoms with E-state index in [2.05, 4.69) is 15.3 Å². The lowest BCUT2D eigenvalue weighted by Gasteiger charge is -2.23. The van der Waals surface area contributed by atoms with Crippen molar-refractivity contribution in [3.8, 4) is 5.75 Å². The summed E-state index contributed by atoms with van der Waals surface area (Å²) in [4.78, 5) is 7.82. The Morgan fingerprint density at radius 2 is 2.50 bits per heavy atom. The zero-order chi connectivity index (χ0) is 8.55. The van der Waals surface area contributed by atoms with Gasteiger partial charge in [-0.3, -0.25) is 0 Å². The van der Waals surface area contributed by atoms with Gasteiger partial charge >= 0.3 is 0 Å². The van der Waals surface area contributed by atoms with Crippen LogP contribution < -0.4 is 15.8 Å². The number of hydrogen-bond acceptors (Lipinski definition) is 5. The van der Waals surface area contributed by atoms with Crippen molar-refractivity contribution in [3.63, 3.8) is 0 Å². The zero-order valence-corrected chi connectivity index (χ0v) is 6.74. The van der Waals surface area contributed by atoms with Crippen LogP contribution in [0.1, 0.15) is 6.92 Å². The second kappa shape index (κ2) is 2.51. The highest BCUT2D eigenvalue weighted by Gasteiger charge is 2.18. The minimum Gasteiger partial charge on any atom is -0.482 e. The van der Waals surface area contributed by atoms with E-state index in [1.165, 1.54) is 6.33 Å². The topological polar surface area (TPSA) is 73.1 Å². The Balaban J connectivity index is 2.43. The third-order valence-corrected chi connectivity index (χ3v) is 1.71. The van der Waals surface area contributed by atoms with Gasteiger partial charge in [-0.15, -0.1) is 0 Å². The van der Waals surface area contributed by atoms with Gasteiger partial charge in [0.1, 0.15) is 12.4 Å². The van der Waals surface area contributed by atoms with Crippen LogP contribution in [0.2, 0.25) is 0 Å². The molecule has 2 rings (SSSR count). The predicted molar refractivity (Wildman–Crippen MR) is 45.0 cm³/mol. The van der Waals surface area contributed by atoms with Gasteiger partial charge in [-0.05, 0) is 6.92 Å². The third-order valence-electron chi connectivity index (χ3n) is 1.71. The van der Waals surface area contributed by atoms with Crippen molar-refractivity contribution in [3.05, 3.63) is 6.33 Å². The molecule has 12 heavy (non-hydrogen) atoms. The lowest BCUT2D eigenvalue weighted by Crippen LogP contribution is -2.29. The van der Waals surface area contributed by atoms with Crippen molar-refractivity contribution < 1.29 is 4.74 Å². The van der Waals surface area contributed by atoms with E-state index >= 15 is 0 Å². The molecular weight excluding hydrogens is 156 g/mol. The number of nitrogen functional groups attached to an aromatic ring is 1. The molecule has 5 nitrogen and oxygen atoms in total. The minimum atomic E-state index is 0.116. The number of nitrogens with one attached hydrogen (secondary N) is 1. The lowest BCUT2D eigenvalue weighted by atomic mass is 10.3. The van der Waals surface area contributed by atoms with Gasteiger partial charge in [-0.25, -0.2) is 9.97 Å². The fraction of sp³-hybridized carbons (Fsp3) is 0.429. The number of fused-ring (bicyclic) bond motifs is 1. The van der Waals surface area contributed by atoms with E-state index < -0.39 is 0 Å². The third kappa shape index (κ3) is 1.03. The van der Waals surface area contributed by atoms with Crippen molar-refractivity contribution in [2.45, 2.75) is 13.0 Å². The molecule has 0 radical (unpaired) electrons. The van der Waals surface area contributed by atoms with Gasteiger partial charge < -0.3 is 15.8 Å². The van der Waals surface area contributed by atoms with E-state index in [1.54, 1.807) is 0 Å². The normalized spacial score (nSPS) is 20.6. The van der Waals surface area contributed by atoms with Crippen molar-refractivity contribution in [1.82, 2.24) is 9.97 Å². The van der Waals surface area contributed by atoms with E-state index in [0.717, 1.165) is 6.54 Å². The summed E-state index contributed by atoms with van der Waals surface area (Å²) in [6.45, 7) is 2.71. The maximum Gasteiger partial charge on any atom is 0.204 e. The molecule has 0 aliphatic carbocycles. The second-order valence-corrected chi connectivity index (χ2v) is 2.75. The highest BCUT2D eigenvalue weighted by Crippen LogP contribution is 2.30. The van der Waals surface area contributed by atoms with E-state index in [1.807, 2.05) is 6.92 Å². The maximum atomic E-state index is 5.59. The summed E-state index contributed by atoms with van der Waals surface area (Å²) in [5.41, 5.74) is 5.59. The monoisotopic (exact) mass is 166 g/mol. The van der Waals surface area contributed by atoms with Crippen molar-refractivity contribution in [1.29, 1.82) is 0 Å². The molecule has 0 aromatic carbocycles. The van der Waals surface area contributed by atoms with Crippen LogP contribution in [-0.4, -0.2) is 22.6 Å². The summed E-state index contributed by atoms with van der Waals surface area (Å²) in [6.07, 6.45) is 1.53. The molecule has 64 valence electrons. The summed E-state index contributed by atoms with van der Waals surface area (Å²) in [5, 5.41) is 3.10. The molecule has 0 saturated heterocycles. The van der Waals surface area contributed by atoms with Crippen molar-refractivity contribution >= 4 is 11.6 Å². The minimum absolute atomic E-state index is 0.116. The van der Waals surface area contributed by atoms with Gasteiger partial charge in [-0.2, -0.15) is 0 Å². The van der Waals surface area contributed by atoms with Gasteiger partial charge in [0.15, 0.2) is 11.6 Å². The van der Waals surface area contributed by atoms with Gasteiger partial charge in [-0.1, -0.05) is 0 Å². The summed E-state index contributed by atoms with van der Waals surface area (Å²) < 4.78 is 5.45. The first-order valence-electron chi connectivity index (χ1n) is 3.78. The van der Waals surface area contributed by atoms with Crippen LogP contribution in [-0.2, 0) is 0 Å². The van der Waals surface area contributed by atoms with Crippen LogP contribution in [0.4, 0.5) is 11.6 Å². The van der Waals surface area contributed by atoms with Crippen LogP contribution in [0.25, 0.3) is 0 Å². The number of anilines is 2. The molecule has 1 aromatic heterocycles. The van der Waals surface area contributed by atoms with Crippen LogP contribution in [0, 0.1) is 0 Å². The number of ether oxygens (including phenoxy) is 1. The molecule has 0 amide bonds. The Kier molecular flexibility index (Phi) is 1.49. The average molecular weight is 166 g/mol. The van der Waals surface area contributed by atoms with E-state index in [0.29, 0.717) is 17.4 Å².